The molecule has 0 aliphatic rings. The number of rotatable bonds is 7. The van der Waals surface area contributed by atoms with Gasteiger partial charge in [0.25, 0.3) is 11.6 Å². The molecule has 0 fully saturated rings. The Morgan fingerprint density at radius 3 is 2.45 bits per heavy atom. The van der Waals surface area contributed by atoms with E-state index in [4.69, 9.17) is 32.7 Å². The van der Waals surface area contributed by atoms with Crippen LogP contribution in [0.2, 0.25) is 10.0 Å². The van der Waals surface area contributed by atoms with Crippen molar-refractivity contribution in [3.8, 4) is 5.75 Å². The molecule has 0 saturated heterocycles. The second kappa shape index (κ2) is 9.84. The van der Waals surface area contributed by atoms with Crippen LogP contribution in [0.5, 0.6) is 5.75 Å². The van der Waals surface area contributed by atoms with Crippen LogP contribution < -0.4 is 10.1 Å². The summed E-state index contributed by atoms with van der Waals surface area (Å²) in [5.74, 6) is -1.95. The Bertz CT molecular complexity index is 1020. The molecule has 1 unspecified atom stereocenters. The molecule has 31 heavy (non-hydrogen) atoms. The van der Waals surface area contributed by atoms with Crippen LogP contribution in [0.3, 0.4) is 0 Å². The maximum atomic E-state index is 13.2. The molecule has 0 saturated carbocycles. The number of alkyl halides is 3. The zero-order valence-electron chi connectivity index (χ0n) is 15.5. The second-order valence-corrected chi connectivity index (χ2v) is 6.81. The topological polar surface area (TPSA) is 108 Å². The summed E-state index contributed by atoms with van der Waals surface area (Å²) in [6.45, 7) is 0.492. The largest absolute Gasteiger partial charge is 0.480 e. The Labute approximate surface area is 183 Å². The van der Waals surface area contributed by atoms with Crippen LogP contribution in [0.4, 0.5) is 24.5 Å². The van der Waals surface area contributed by atoms with Crippen molar-refractivity contribution in [2.75, 3.05) is 11.9 Å². The maximum absolute atomic E-state index is 13.2. The van der Waals surface area contributed by atoms with Gasteiger partial charge >= 0.3 is 12.1 Å². The van der Waals surface area contributed by atoms with Gasteiger partial charge < -0.3 is 14.8 Å². The average Bonchev–Trinajstić information content (AvgIpc) is 2.66. The Kier molecular flexibility index (Phi) is 7.69. The predicted octanol–water partition coefficient (Wildman–Crippen LogP) is 4.87. The number of non-ortho nitro benzene ring substituents is 1. The van der Waals surface area contributed by atoms with E-state index < -0.39 is 52.6 Å². The van der Waals surface area contributed by atoms with Crippen LogP contribution in [0.25, 0.3) is 0 Å². The number of nitro benzene ring substituents is 1. The number of benzene rings is 2. The molecule has 13 heteroatoms. The number of amides is 1. The fourth-order valence-electron chi connectivity index (χ4n) is 2.24. The number of esters is 1. The molecule has 0 aliphatic heterocycles. The smallest absolute Gasteiger partial charge is 0.418 e. The molecule has 1 amide bonds. The molecule has 2 rings (SSSR count). The molecule has 2 aromatic rings. The molecule has 1 atom stereocenters. The Balaban J connectivity index is 2.02. The van der Waals surface area contributed by atoms with Crippen LogP contribution in [0, 0.1) is 10.1 Å². The van der Waals surface area contributed by atoms with E-state index in [0.717, 1.165) is 19.1 Å². The normalized spacial score (nSPS) is 12.1. The first-order valence-electron chi connectivity index (χ1n) is 8.32. The quantitative estimate of drug-likeness (QED) is 0.344. The minimum atomic E-state index is -4.97. The fourth-order valence-corrected chi connectivity index (χ4v) is 2.70. The van der Waals surface area contributed by atoms with Gasteiger partial charge in [-0.15, -0.1) is 0 Å². The molecule has 166 valence electrons. The van der Waals surface area contributed by atoms with E-state index in [1.54, 1.807) is 0 Å². The van der Waals surface area contributed by atoms with Crippen molar-refractivity contribution in [1.29, 1.82) is 0 Å². The highest BCUT2D eigenvalue weighted by Gasteiger charge is 2.36. The van der Waals surface area contributed by atoms with Crippen LogP contribution >= 0.6 is 23.2 Å². The molecule has 0 spiro atoms. The number of anilines is 1. The lowest BCUT2D eigenvalue weighted by atomic mass is 10.1. The molecule has 1 N–H and O–H groups in total. The van der Waals surface area contributed by atoms with Gasteiger partial charge in [-0.2, -0.15) is 13.2 Å². The molecule has 0 aromatic heterocycles. The molecule has 0 heterocycles. The first-order valence-corrected chi connectivity index (χ1v) is 9.08. The number of hydrogen-bond donors (Lipinski definition) is 1. The summed E-state index contributed by atoms with van der Waals surface area (Å²) in [5, 5.41) is 13.1. The SMILES string of the molecule is CC(OC(=O)COc1ccc(Cl)cc1Cl)C(=O)Nc1ccc([N+](=O)[O-])cc1C(F)(F)F. The highest BCUT2D eigenvalue weighted by Crippen LogP contribution is 2.37. The number of ether oxygens (including phenoxy) is 2. The predicted molar refractivity (Wildman–Crippen MR) is 104 cm³/mol. The number of carbonyl (C=O) groups is 2. The van der Waals surface area contributed by atoms with Crippen LogP contribution in [-0.2, 0) is 20.5 Å². The summed E-state index contributed by atoms with van der Waals surface area (Å²) >= 11 is 11.6. The highest BCUT2D eigenvalue weighted by atomic mass is 35.5. The number of halogens is 5. The monoisotopic (exact) mass is 480 g/mol. The van der Waals surface area contributed by atoms with Crippen molar-refractivity contribution in [2.45, 2.75) is 19.2 Å². The summed E-state index contributed by atoms with van der Waals surface area (Å²) in [7, 11) is 0. The first kappa shape index (κ1) is 24.2. The van der Waals surface area contributed by atoms with Gasteiger partial charge in [-0.3, -0.25) is 14.9 Å². The molecular formula is C18H13Cl2F3N2O6. The van der Waals surface area contributed by atoms with E-state index in [1.807, 2.05) is 5.32 Å². The lowest BCUT2D eigenvalue weighted by Gasteiger charge is -2.17. The van der Waals surface area contributed by atoms with Crippen LogP contribution in [0.1, 0.15) is 12.5 Å². The van der Waals surface area contributed by atoms with Gasteiger partial charge in [-0.25, -0.2) is 4.79 Å². The van der Waals surface area contributed by atoms with Crippen molar-refractivity contribution in [3.05, 3.63) is 62.1 Å². The Hall–Kier alpha value is -3.05. The lowest BCUT2D eigenvalue weighted by Crippen LogP contribution is -2.32. The van der Waals surface area contributed by atoms with Crippen molar-refractivity contribution in [3.63, 3.8) is 0 Å². The average molecular weight is 481 g/mol. The van der Waals surface area contributed by atoms with E-state index in [0.29, 0.717) is 5.02 Å². The standard InChI is InChI=1S/C18H13Cl2F3N2O6/c1-9(31-16(26)8-30-15-5-2-10(19)6-13(15)20)17(27)24-14-4-3-11(25(28)29)7-12(14)18(21,22)23/h2-7,9H,8H2,1H3,(H,24,27). The zero-order valence-corrected chi connectivity index (χ0v) is 17.0. The summed E-state index contributed by atoms with van der Waals surface area (Å²) in [5.41, 5.74) is -2.95. The van der Waals surface area contributed by atoms with Crippen LogP contribution in [-0.4, -0.2) is 29.5 Å². The first-order chi connectivity index (χ1) is 14.4. The molecule has 0 bridgehead atoms. The van der Waals surface area contributed by atoms with Gasteiger partial charge in [0.1, 0.15) is 5.75 Å². The van der Waals surface area contributed by atoms with Crippen LogP contribution in [0.15, 0.2) is 36.4 Å². The third kappa shape index (κ3) is 6.72. The van der Waals surface area contributed by atoms with E-state index in [9.17, 15) is 32.9 Å². The van der Waals surface area contributed by atoms with E-state index in [1.165, 1.54) is 18.2 Å². The number of carbonyl (C=O) groups excluding carboxylic acids is 2. The number of nitro groups is 1. The third-order valence-corrected chi connectivity index (χ3v) is 4.22. The fraction of sp³-hybridized carbons (Fsp3) is 0.222. The minimum Gasteiger partial charge on any atom is -0.480 e. The van der Waals surface area contributed by atoms with Crippen molar-refractivity contribution in [1.82, 2.24) is 0 Å². The summed E-state index contributed by atoms with van der Waals surface area (Å²) in [6, 6.07) is 6.07. The summed E-state index contributed by atoms with van der Waals surface area (Å²) < 4.78 is 49.5. The van der Waals surface area contributed by atoms with Gasteiger partial charge in [-0.1, -0.05) is 23.2 Å². The van der Waals surface area contributed by atoms with E-state index >= 15 is 0 Å². The lowest BCUT2D eigenvalue weighted by molar-refractivity contribution is -0.385. The minimum absolute atomic E-state index is 0.126. The van der Waals surface area contributed by atoms with Gasteiger partial charge in [0.05, 0.1) is 21.2 Å². The second-order valence-electron chi connectivity index (χ2n) is 5.97. The van der Waals surface area contributed by atoms with E-state index in [2.05, 4.69) is 0 Å². The summed E-state index contributed by atoms with van der Waals surface area (Å²) in [4.78, 5) is 33.7. The van der Waals surface area contributed by atoms with Gasteiger partial charge in [-0.05, 0) is 31.2 Å². The van der Waals surface area contributed by atoms with Gasteiger partial charge in [0.2, 0.25) is 0 Å². The Morgan fingerprint density at radius 1 is 1.19 bits per heavy atom. The number of hydrogen-bond acceptors (Lipinski definition) is 6. The number of nitrogens with zero attached hydrogens (tertiary/aromatic N) is 1. The maximum Gasteiger partial charge on any atom is 0.418 e. The Morgan fingerprint density at radius 2 is 1.87 bits per heavy atom. The van der Waals surface area contributed by atoms with Gasteiger partial charge in [0.15, 0.2) is 12.7 Å². The highest BCUT2D eigenvalue weighted by molar-refractivity contribution is 6.35. The van der Waals surface area contributed by atoms with E-state index in [-0.39, 0.29) is 16.8 Å². The van der Waals surface area contributed by atoms with Gasteiger partial charge in [0, 0.05) is 17.2 Å². The molecule has 0 aliphatic carbocycles. The molecular weight excluding hydrogens is 468 g/mol. The third-order valence-electron chi connectivity index (χ3n) is 3.69. The molecule has 0 radical (unpaired) electrons. The van der Waals surface area contributed by atoms with Crippen molar-refractivity contribution < 1.29 is 37.2 Å². The zero-order chi connectivity index (χ0) is 23.3. The summed E-state index contributed by atoms with van der Waals surface area (Å²) in [6.07, 6.45) is -6.46. The van der Waals surface area contributed by atoms with Crippen molar-refractivity contribution in [2.24, 2.45) is 0 Å². The molecule has 8 nitrogen and oxygen atoms in total. The van der Waals surface area contributed by atoms with Crippen molar-refractivity contribution >= 4 is 46.5 Å². The molecule has 2 aromatic carbocycles. The number of nitrogens with one attached hydrogen (secondary N) is 1.